The average molecular weight is 281 g/mol. The van der Waals surface area contributed by atoms with Gasteiger partial charge in [0.1, 0.15) is 5.75 Å². The van der Waals surface area contributed by atoms with Gasteiger partial charge in [-0.2, -0.15) is 0 Å². The highest BCUT2D eigenvalue weighted by Crippen LogP contribution is 2.26. The maximum atomic E-state index is 11.4. The molecule has 0 fully saturated rings. The fourth-order valence-corrected chi connectivity index (χ4v) is 1.53. The molecule has 0 aliphatic carbocycles. The Bertz CT molecular complexity index is 455. The Balaban J connectivity index is 3.15. The van der Waals surface area contributed by atoms with Crippen LogP contribution in [-0.2, 0) is 0 Å². The summed E-state index contributed by atoms with van der Waals surface area (Å²) in [4.78, 5) is 11.4. The Morgan fingerprint density at radius 1 is 1.50 bits per heavy atom. The summed E-state index contributed by atoms with van der Waals surface area (Å²) in [6, 6.07) is 5.28. The molecule has 0 unspecified atom stereocenters. The summed E-state index contributed by atoms with van der Waals surface area (Å²) in [5.74, 6) is 2.99. The maximum absolute atomic E-state index is 11.4. The van der Waals surface area contributed by atoms with Crippen LogP contribution >= 0.6 is 15.9 Å². The maximum Gasteiger partial charge on any atom is 0.163 e. The van der Waals surface area contributed by atoms with Gasteiger partial charge in [-0.1, -0.05) is 21.9 Å². The summed E-state index contributed by atoms with van der Waals surface area (Å²) < 4.78 is 6.46. The molecule has 3 heteroatoms. The van der Waals surface area contributed by atoms with Crippen LogP contribution in [0.4, 0.5) is 0 Å². The average Bonchev–Trinajstić information content (AvgIpc) is 2.20. The standard InChI is InChI=1S/C13H13BrO2/c1-5-13(3,4)16-12-7-6-10(14)8-11(12)9(2)15/h1,6-8H,2-4H3. The molecule has 0 bridgehead atoms. The van der Waals surface area contributed by atoms with Gasteiger partial charge in [0, 0.05) is 4.47 Å². The molecule has 0 aliphatic rings. The predicted molar refractivity (Wildman–Crippen MR) is 67.7 cm³/mol. The van der Waals surface area contributed by atoms with Crippen molar-refractivity contribution in [1.82, 2.24) is 0 Å². The van der Waals surface area contributed by atoms with Gasteiger partial charge in [0.25, 0.3) is 0 Å². The number of benzene rings is 1. The first-order valence-electron chi connectivity index (χ1n) is 4.83. The number of carbonyl (C=O) groups is 1. The molecular formula is C13H13BrO2. The van der Waals surface area contributed by atoms with Crippen LogP contribution in [0.25, 0.3) is 0 Å². The number of halogens is 1. The van der Waals surface area contributed by atoms with Crippen molar-refractivity contribution in [1.29, 1.82) is 0 Å². The number of Topliss-reactive ketones (excluding diaryl/α,β-unsaturated/α-hetero) is 1. The van der Waals surface area contributed by atoms with E-state index in [0.717, 1.165) is 4.47 Å². The van der Waals surface area contributed by atoms with Crippen LogP contribution in [0.2, 0.25) is 0 Å². The van der Waals surface area contributed by atoms with E-state index in [0.29, 0.717) is 11.3 Å². The first-order valence-corrected chi connectivity index (χ1v) is 5.62. The zero-order chi connectivity index (χ0) is 12.3. The second kappa shape index (κ2) is 4.71. The van der Waals surface area contributed by atoms with E-state index in [1.807, 2.05) is 6.07 Å². The minimum absolute atomic E-state index is 0.0517. The molecule has 0 radical (unpaired) electrons. The summed E-state index contributed by atoms with van der Waals surface area (Å²) in [7, 11) is 0. The van der Waals surface area contributed by atoms with E-state index in [9.17, 15) is 4.79 Å². The normalized spacial score (nSPS) is 10.7. The smallest absolute Gasteiger partial charge is 0.163 e. The highest BCUT2D eigenvalue weighted by atomic mass is 79.9. The van der Waals surface area contributed by atoms with E-state index >= 15 is 0 Å². The van der Waals surface area contributed by atoms with Crippen molar-refractivity contribution in [2.75, 3.05) is 0 Å². The van der Waals surface area contributed by atoms with E-state index in [2.05, 4.69) is 21.9 Å². The van der Waals surface area contributed by atoms with Gasteiger partial charge in [0.15, 0.2) is 11.4 Å². The summed E-state index contributed by atoms with van der Waals surface area (Å²) in [5.41, 5.74) is -0.199. The Morgan fingerprint density at radius 2 is 2.12 bits per heavy atom. The van der Waals surface area contributed by atoms with Gasteiger partial charge < -0.3 is 4.74 Å². The largest absolute Gasteiger partial charge is 0.474 e. The third kappa shape index (κ3) is 3.11. The van der Waals surface area contributed by atoms with Gasteiger partial charge >= 0.3 is 0 Å². The number of rotatable bonds is 3. The van der Waals surface area contributed by atoms with Gasteiger partial charge in [-0.05, 0) is 39.0 Å². The lowest BCUT2D eigenvalue weighted by atomic mass is 10.1. The minimum atomic E-state index is -0.724. The number of carbonyl (C=O) groups excluding carboxylic acids is 1. The van der Waals surface area contributed by atoms with E-state index < -0.39 is 5.60 Å². The lowest BCUT2D eigenvalue weighted by Gasteiger charge is -2.21. The lowest BCUT2D eigenvalue weighted by molar-refractivity contribution is 0.100. The molecule has 16 heavy (non-hydrogen) atoms. The van der Waals surface area contributed by atoms with Gasteiger partial charge in [-0.25, -0.2) is 0 Å². The van der Waals surface area contributed by atoms with Crippen LogP contribution in [0.15, 0.2) is 22.7 Å². The molecular weight excluding hydrogens is 268 g/mol. The van der Waals surface area contributed by atoms with Gasteiger partial charge in [0.2, 0.25) is 0 Å². The number of hydrogen-bond donors (Lipinski definition) is 0. The molecule has 0 aromatic heterocycles. The molecule has 0 amide bonds. The predicted octanol–water partition coefficient (Wildman–Crippen LogP) is 3.44. The van der Waals surface area contributed by atoms with E-state index in [4.69, 9.17) is 11.2 Å². The number of terminal acetylenes is 1. The molecule has 0 spiro atoms. The van der Waals surface area contributed by atoms with Crippen molar-refractivity contribution in [3.63, 3.8) is 0 Å². The third-order valence-electron chi connectivity index (χ3n) is 2.03. The van der Waals surface area contributed by atoms with Crippen LogP contribution < -0.4 is 4.74 Å². The van der Waals surface area contributed by atoms with E-state index in [-0.39, 0.29) is 5.78 Å². The topological polar surface area (TPSA) is 26.3 Å². The summed E-state index contributed by atoms with van der Waals surface area (Å²) in [6.45, 7) is 5.05. The quantitative estimate of drug-likeness (QED) is 0.626. The molecule has 0 N–H and O–H groups in total. The number of hydrogen-bond acceptors (Lipinski definition) is 2. The van der Waals surface area contributed by atoms with Crippen molar-refractivity contribution in [2.24, 2.45) is 0 Å². The van der Waals surface area contributed by atoms with Gasteiger partial charge in [0.05, 0.1) is 5.56 Å². The fraction of sp³-hybridized carbons (Fsp3) is 0.308. The SMILES string of the molecule is C#CC(C)(C)Oc1ccc(Br)cc1C(C)=O. The summed E-state index contributed by atoms with van der Waals surface area (Å²) in [6.07, 6.45) is 5.34. The van der Waals surface area contributed by atoms with Crippen LogP contribution in [0.3, 0.4) is 0 Å². The number of ether oxygens (including phenoxy) is 1. The first-order chi connectivity index (χ1) is 7.35. The van der Waals surface area contributed by atoms with E-state index in [1.54, 1.807) is 26.0 Å². The van der Waals surface area contributed by atoms with Crippen molar-refractivity contribution in [3.05, 3.63) is 28.2 Å². The highest BCUT2D eigenvalue weighted by molar-refractivity contribution is 9.10. The highest BCUT2D eigenvalue weighted by Gasteiger charge is 2.19. The zero-order valence-corrected chi connectivity index (χ0v) is 11.1. The monoisotopic (exact) mass is 280 g/mol. The molecule has 0 atom stereocenters. The molecule has 0 aliphatic heterocycles. The third-order valence-corrected chi connectivity index (χ3v) is 2.53. The zero-order valence-electron chi connectivity index (χ0n) is 9.50. The van der Waals surface area contributed by atoms with Crippen molar-refractivity contribution in [2.45, 2.75) is 26.4 Å². The van der Waals surface area contributed by atoms with Crippen LogP contribution in [0.5, 0.6) is 5.75 Å². The molecule has 1 aromatic carbocycles. The lowest BCUT2D eigenvalue weighted by Crippen LogP contribution is -2.26. The molecule has 0 heterocycles. The first kappa shape index (κ1) is 12.8. The molecule has 1 rings (SSSR count). The van der Waals surface area contributed by atoms with Crippen LogP contribution in [0, 0.1) is 12.3 Å². The summed E-state index contributed by atoms with van der Waals surface area (Å²) in [5, 5.41) is 0. The van der Waals surface area contributed by atoms with Crippen molar-refractivity contribution >= 4 is 21.7 Å². The minimum Gasteiger partial charge on any atom is -0.474 e. The molecule has 2 nitrogen and oxygen atoms in total. The Kier molecular flexibility index (Phi) is 3.77. The molecule has 84 valence electrons. The molecule has 0 saturated heterocycles. The van der Waals surface area contributed by atoms with Crippen molar-refractivity contribution < 1.29 is 9.53 Å². The van der Waals surface area contributed by atoms with Crippen molar-refractivity contribution in [3.8, 4) is 18.1 Å². The number of ketones is 1. The van der Waals surface area contributed by atoms with Crippen LogP contribution in [-0.4, -0.2) is 11.4 Å². The van der Waals surface area contributed by atoms with Crippen LogP contribution in [0.1, 0.15) is 31.1 Å². The van der Waals surface area contributed by atoms with Gasteiger partial charge in [-0.15, -0.1) is 6.42 Å². The Labute approximate surface area is 104 Å². The van der Waals surface area contributed by atoms with Gasteiger partial charge in [-0.3, -0.25) is 4.79 Å². The molecule has 0 saturated carbocycles. The second-order valence-corrected chi connectivity index (χ2v) is 4.87. The second-order valence-electron chi connectivity index (χ2n) is 3.95. The van der Waals surface area contributed by atoms with E-state index in [1.165, 1.54) is 6.92 Å². The Hall–Kier alpha value is -1.27. The fourth-order valence-electron chi connectivity index (χ4n) is 1.17. The summed E-state index contributed by atoms with van der Waals surface area (Å²) >= 11 is 3.31. The molecule has 1 aromatic rings. The Morgan fingerprint density at radius 3 is 2.62 bits per heavy atom.